The molecule has 68 valence electrons. The molecule has 2 heterocycles. The third-order valence-electron chi connectivity index (χ3n) is 2.94. The van der Waals surface area contributed by atoms with Crippen LogP contribution < -0.4 is 10.1 Å². The van der Waals surface area contributed by atoms with E-state index in [1.165, 1.54) is 5.56 Å². The minimum absolute atomic E-state index is 0.446. The van der Waals surface area contributed by atoms with E-state index in [1.54, 1.807) is 0 Å². The summed E-state index contributed by atoms with van der Waals surface area (Å²) in [4.78, 5) is 0. The fourth-order valence-corrected chi connectivity index (χ4v) is 2.28. The van der Waals surface area contributed by atoms with Crippen molar-refractivity contribution in [1.82, 2.24) is 5.32 Å². The van der Waals surface area contributed by atoms with Crippen LogP contribution in [0, 0.1) is 0 Å². The van der Waals surface area contributed by atoms with Crippen LogP contribution in [-0.2, 0) is 0 Å². The summed E-state index contributed by atoms with van der Waals surface area (Å²) >= 11 is 0. The summed E-state index contributed by atoms with van der Waals surface area (Å²) in [5.74, 6) is 1.08. The summed E-state index contributed by atoms with van der Waals surface area (Å²) in [7, 11) is 0. The number of benzene rings is 1. The highest BCUT2D eigenvalue weighted by Gasteiger charge is 2.30. The summed E-state index contributed by atoms with van der Waals surface area (Å²) in [5, 5.41) is 3.53. The van der Waals surface area contributed by atoms with E-state index in [1.807, 2.05) is 6.07 Å². The van der Waals surface area contributed by atoms with Crippen LogP contribution in [0.25, 0.3) is 0 Å². The molecule has 2 unspecified atom stereocenters. The Kier molecular flexibility index (Phi) is 1.56. The van der Waals surface area contributed by atoms with Crippen molar-refractivity contribution in [2.75, 3.05) is 6.54 Å². The average molecular weight is 175 g/mol. The van der Waals surface area contributed by atoms with Crippen LogP contribution in [0.3, 0.4) is 0 Å². The van der Waals surface area contributed by atoms with Crippen molar-refractivity contribution in [3.8, 4) is 5.75 Å². The number of para-hydroxylation sites is 1. The Morgan fingerprint density at radius 2 is 2.23 bits per heavy atom. The number of hydrogen-bond donors (Lipinski definition) is 1. The van der Waals surface area contributed by atoms with Crippen molar-refractivity contribution in [2.24, 2.45) is 0 Å². The maximum Gasteiger partial charge on any atom is 0.124 e. The van der Waals surface area contributed by atoms with Gasteiger partial charge in [0.05, 0.1) is 0 Å². The van der Waals surface area contributed by atoms with Gasteiger partial charge in [0.25, 0.3) is 0 Å². The molecule has 2 bridgehead atoms. The van der Waals surface area contributed by atoms with Gasteiger partial charge in [0.2, 0.25) is 0 Å². The second-order valence-corrected chi connectivity index (χ2v) is 3.81. The van der Waals surface area contributed by atoms with Crippen molar-refractivity contribution in [3.63, 3.8) is 0 Å². The largest absolute Gasteiger partial charge is 0.490 e. The van der Waals surface area contributed by atoms with Gasteiger partial charge >= 0.3 is 0 Å². The molecule has 0 aromatic heterocycles. The van der Waals surface area contributed by atoms with E-state index in [2.05, 4.69) is 23.5 Å². The maximum atomic E-state index is 5.86. The Balaban J connectivity index is 2.06. The predicted molar refractivity (Wildman–Crippen MR) is 50.8 cm³/mol. The molecule has 2 heteroatoms. The van der Waals surface area contributed by atoms with E-state index in [0.29, 0.717) is 12.1 Å². The van der Waals surface area contributed by atoms with E-state index >= 15 is 0 Å². The standard InChI is InChI=1S/C11H13NO/c1-2-4-11-9(3-1)10-7-8(13-11)5-6-12-10/h1-4,8,10,12H,5-7H2. The SMILES string of the molecule is c1ccc2c(c1)OC1CCNC2C1. The first-order chi connectivity index (χ1) is 6.43. The molecule has 2 atom stereocenters. The lowest BCUT2D eigenvalue weighted by molar-refractivity contribution is 0.115. The van der Waals surface area contributed by atoms with Crippen molar-refractivity contribution in [1.29, 1.82) is 0 Å². The topological polar surface area (TPSA) is 21.3 Å². The zero-order chi connectivity index (χ0) is 8.67. The van der Waals surface area contributed by atoms with Gasteiger partial charge in [-0.05, 0) is 19.0 Å². The molecule has 1 saturated heterocycles. The van der Waals surface area contributed by atoms with Crippen LogP contribution in [-0.4, -0.2) is 12.6 Å². The minimum atomic E-state index is 0.446. The number of hydrogen-bond acceptors (Lipinski definition) is 2. The molecular weight excluding hydrogens is 162 g/mol. The zero-order valence-electron chi connectivity index (χ0n) is 7.49. The Labute approximate surface area is 77.9 Å². The van der Waals surface area contributed by atoms with E-state index in [4.69, 9.17) is 4.74 Å². The van der Waals surface area contributed by atoms with Gasteiger partial charge in [0.1, 0.15) is 11.9 Å². The molecule has 0 amide bonds. The molecule has 0 saturated carbocycles. The van der Waals surface area contributed by atoms with Crippen molar-refractivity contribution >= 4 is 0 Å². The lowest BCUT2D eigenvalue weighted by Gasteiger charge is -2.37. The van der Waals surface area contributed by atoms with Gasteiger partial charge in [-0.15, -0.1) is 0 Å². The van der Waals surface area contributed by atoms with Gasteiger partial charge in [-0.1, -0.05) is 18.2 Å². The highest BCUT2D eigenvalue weighted by atomic mass is 16.5. The number of ether oxygens (including phenoxy) is 1. The molecule has 2 aliphatic heterocycles. The summed E-state index contributed by atoms with van der Waals surface area (Å²) in [6, 6.07) is 8.89. The first-order valence-corrected chi connectivity index (χ1v) is 4.92. The Morgan fingerprint density at radius 3 is 3.23 bits per heavy atom. The number of fused-ring (bicyclic) bond motifs is 4. The minimum Gasteiger partial charge on any atom is -0.490 e. The summed E-state index contributed by atoms with van der Waals surface area (Å²) in [6.07, 6.45) is 2.73. The van der Waals surface area contributed by atoms with Gasteiger partial charge in [-0.3, -0.25) is 0 Å². The fourth-order valence-electron chi connectivity index (χ4n) is 2.28. The molecule has 1 N–H and O–H groups in total. The molecule has 2 nitrogen and oxygen atoms in total. The van der Waals surface area contributed by atoms with Crippen LogP contribution in [0.4, 0.5) is 0 Å². The lowest BCUT2D eigenvalue weighted by atomic mass is 9.92. The van der Waals surface area contributed by atoms with Gasteiger partial charge < -0.3 is 10.1 Å². The predicted octanol–water partition coefficient (Wildman–Crippen LogP) is 1.87. The molecule has 0 radical (unpaired) electrons. The Bertz CT molecular complexity index is 324. The number of rotatable bonds is 0. The van der Waals surface area contributed by atoms with Crippen LogP contribution in [0.5, 0.6) is 5.75 Å². The van der Waals surface area contributed by atoms with Gasteiger partial charge in [0, 0.05) is 18.0 Å². The van der Waals surface area contributed by atoms with Crippen molar-refractivity contribution < 1.29 is 4.74 Å². The van der Waals surface area contributed by atoms with Crippen molar-refractivity contribution in [2.45, 2.75) is 25.0 Å². The first kappa shape index (κ1) is 7.39. The van der Waals surface area contributed by atoms with E-state index in [-0.39, 0.29) is 0 Å². The molecule has 1 fully saturated rings. The van der Waals surface area contributed by atoms with Crippen LogP contribution in [0.15, 0.2) is 24.3 Å². The van der Waals surface area contributed by atoms with Crippen LogP contribution >= 0.6 is 0 Å². The molecule has 0 aliphatic carbocycles. The monoisotopic (exact) mass is 175 g/mol. The van der Waals surface area contributed by atoms with Gasteiger partial charge in [-0.2, -0.15) is 0 Å². The second-order valence-electron chi connectivity index (χ2n) is 3.81. The number of piperidine rings is 1. The average Bonchev–Trinajstić information content (AvgIpc) is 2.18. The van der Waals surface area contributed by atoms with Crippen molar-refractivity contribution in [3.05, 3.63) is 29.8 Å². The first-order valence-electron chi connectivity index (χ1n) is 4.92. The Morgan fingerprint density at radius 1 is 1.31 bits per heavy atom. The Hall–Kier alpha value is -1.02. The zero-order valence-corrected chi connectivity index (χ0v) is 7.49. The fraction of sp³-hybridized carbons (Fsp3) is 0.455. The highest BCUT2D eigenvalue weighted by Crippen LogP contribution is 2.37. The van der Waals surface area contributed by atoms with E-state index in [0.717, 1.165) is 25.1 Å². The molecule has 0 spiro atoms. The summed E-state index contributed by atoms with van der Waals surface area (Å²) in [5.41, 5.74) is 1.33. The maximum absolute atomic E-state index is 5.86. The lowest BCUT2D eigenvalue weighted by Crippen LogP contribution is -2.40. The molecule has 3 rings (SSSR count). The molecular formula is C11H13NO. The molecule has 2 aliphatic rings. The molecule has 1 aromatic rings. The summed E-state index contributed by atoms with van der Waals surface area (Å²) < 4.78 is 5.86. The quantitative estimate of drug-likeness (QED) is 0.650. The summed E-state index contributed by atoms with van der Waals surface area (Å²) in [6.45, 7) is 1.09. The van der Waals surface area contributed by atoms with Crippen LogP contribution in [0.2, 0.25) is 0 Å². The molecule has 1 aromatic carbocycles. The van der Waals surface area contributed by atoms with E-state index in [9.17, 15) is 0 Å². The highest BCUT2D eigenvalue weighted by molar-refractivity contribution is 5.38. The molecule has 13 heavy (non-hydrogen) atoms. The smallest absolute Gasteiger partial charge is 0.124 e. The second kappa shape index (κ2) is 2.74. The van der Waals surface area contributed by atoms with E-state index < -0.39 is 0 Å². The number of nitrogens with one attached hydrogen (secondary N) is 1. The van der Waals surface area contributed by atoms with Gasteiger partial charge in [-0.25, -0.2) is 0 Å². The normalized spacial score (nSPS) is 30.5. The van der Waals surface area contributed by atoms with Crippen LogP contribution in [0.1, 0.15) is 24.4 Å². The van der Waals surface area contributed by atoms with Gasteiger partial charge in [0.15, 0.2) is 0 Å². The third kappa shape index (κ3) is 1.13. The third-order valence-corrected chi connectivity index (χ3v) is 2.94.